The second-order valence-corrected chi connectivity index (χ2v) is 8.19. The minimum Gasteiger partial charge on any atom is -0.482 e. The van der Waals surface area contributed by atoms with Crippen LogP contribution in [0.5, 0.6) is 5.75 Å². The molecule has 2 unspecified atom stereocenters. The normalized spacial score (nSPS) is 24.7. The summed E-state index contributed by atoms with van der Waals surface area (Å²) in [5, 5.41) is 17.0. The van der Waals surface area contributed by atoms with Crippen LogP contribution in [-0.2, 0) is 4.79 Å². The van der Waals surface area contributed by atoms with Gasteiger partial charge in [-0.3, -0.25) is 9.79 Å². The quantitative estimate of drug-likeness (QED) is 0.370. The van der Waals surface area contributed by atoms with Crippen molar-refractivity contribution in [2.24, 2.45) is 10.4 Å². The van der Waals surface area contributed by atoms with E-state index in [4.69, 9.17) is 9.73 Å². The highest BCUT2D eigenvalue weighted by atomic mass is 16.5. The monoisotopic (exact) mass is 402 g/mol. The van der Waals surface area contributed by atoms with E-state index >= 15 is 0 Å². The lowest BCUT2D eigenvalue weighted by molar-refractivity contribution is -0.121. The van der Waals surface area contributed by atoms with Gasteiger partial charge in [0, 0.05) is 25.0 Å². The molecule has 1 aliphatic carbocycles. The molecule has 1 amide bonds. The number of fused-ring (bicyclic) bond motifs is 1. The molecular weight excluding hydrogens is 368 g/mol. The van der Waals surface area contributed by atoms with Crippen LogP contribution in [0.25, 0.3) is 0 Å². The van der Waals surface area contributed by atoms with Crippen molar-refractivity contribution >= 4 is 17.6 Å². The van der Waals surface area contributed by atoms with Gasteiger partial charge in [-0.15, -0.1) is 0 Å². The molecule has 0 aromatic heterocycles. The van der Waals surface area contributed by atoms with E-state index < -0.39 is 0 Å². The van der Waals surface area contributed by atoms with Gasteiger partial charge >= 0.3 is 0 Å². The summed E-state index contributed by atoms with van der Waals surface area (Å²) < 4.78 is 5.49. The molecule has 1 aliphatic heterocycles. The maximum Gasteiger partial charge on any atom is 0.265 e. The highest BCUT2D eigenvalue weighted by Gasteiger charge is 2.35. The molecule has 0 saturated heterocycles. The molecule has 1 fully saturated rings. The number of para-hydroxylation sites is 2. The Balaban J connectivity index is 1.51. The maximum atomic E-state index is 12.3. The van der Waals surface area contributed by atoms with Crippen molar-refractivity contribution in [3.63, 3.8) is 0 Å². The van der Waals surface area contributed by atoms with Gasteiger partial charge in [-0.2, -0.15) is 0 Å². The predicted molar refractivity (Wildman–Crippen MR) is 115 cm³/mol. The van der Waals surface area contributed by atoms with Crippen LogP contribution in [0.3, 0.4) is 0 Å². The Bertz CT molecular complexity index is 724. The minimum atomic E-state index is -0.282. The molecule has 3 N–H and O–H groups in total. The Labute approximate surface area is 173 Å². The summed E-state index contributed by atoms with van der Waals surface area (Å²) in [5.41, 5.74) is 0.688. The summed E-state index contributed by atoms with van der Waals surface area (Å²) in [7, 11) is 0. The van der Waals surface area contributed by atoms with Gasteiger partial charge in [0.05, 0.1) is 18.3 Å². The second-order valence-electron chi connectivity index (χ2n) is 8.19. The number of nitrogens with one attached hydrogen (secondary N) is 2. The first kappa shape index (κ1) is 21.4. The molecule has 29 heavy (non-hydrogen) atoms. The van der Waals surface area contributed by atoms with Gasteiger partial charge in [0.2, 0.25) is 0 Å². The smallest absolute Gasteiger partial charge is 0.265 e. The average molecular weight is 403 g/mol. The first-order valence-corrected chi connectivity index (χ1v) is 10.8. The third-order valence-corrected chi connectivity index (χ3v) is 5.88. The topological polar surface area (TPSA) is 86.2 Å². The van der Waals surface area contributed by atoms with E-state index in [2.05, 4.69) is 17.6 Å². The van der Waals surface area contributed by atoms with Crippen molar-refractivity contribution in [2.45, 2.75) is 52.1 Å². The zero-order valence-corrected chi connectivity index (χ0v) is 17.6. The molecule has 2 aliphatic rings. The molecule has 3 rings (SSSR count). The Kier molecular flexibility index (Phi) is 7.36. The van der Waals surface area contributed by atoms with Crippen molar-refractivity contribution in [2.75, 3.05) is 37.7 Å². The Morgan fingerprint density at radius 3 is 2.97 bits per heavy atom. The second kappa shape index (κ2) is 9.96. The molecule has 0 bridgehead atoms. The van der Waals surface area contributed by atoms with Gasteiger partial charge in [-0.25, -0.2) is 0 Å². The number of nitrogens with zero attached hydrogens (tertiary/aromatic N) is 2. The third kappa shape index (κ3) is 5.41. The SMILES string of the molecule is CCNC(=NCC1(C)CCCCC1O)NCCCN1C(=O)COc2ccccc21. The molecule has 1 aromatic rings. The lowest BCUT2D eigenvalue weighted by Crippen LogP contribution is -2.43. The Morgan fingerprint density at radius 2 is 2.17 bits per heavy atom. The van der Waals surface area contributed by atoms with Crippen molar-refractivity contribution in [1.29, 1.82) is 0 Å². The summed E-state index contributed by atoms with van der Waals surface area (Å²) in [6.07, 6.45) is 4.64. The number of hydrogen-bond acceptors (Lipinski definition) is 4. The number of aliphatic hydroxyl groups is 1. The number of guanidine groups is 1. The lowest BCUT2D eigenvalue weighted by Gasteiger charge is -2.37. The van der Waals surface area contributed by atoms with E-state index in [0.29, 0.717) is 19.6 Å². The highest BCUT2D eigenvalue weighted by Crippen LogP contribution is 2.36. The molecular formula is C22H34N4O3. The van der Waals surface area contributed by atoms with Crippen LogP contribution in [0.15, 0.2) is 29.3 Å². The van der Waals surface area contributed by atoms with E-state index in [0.717, 1.165) is 56.0 Å². The molecule has 0 radical (unpaired) electrons. The number of ether oxygens (including phenoxy) is 1. The largest absolute Gasteiger partial charge is 0.482 e. The van der Waals surface area contributed by atoms with Gasteiger partial charge in [0.25, 0.3) is 5.91 Å². The van der Waals surface area contributed by atoms with Crippen LogP contribution in [0.1, 0.15) is 46.0 Å². The van der Waals surface area contributed by atoms with Crippen LogP contribution < -0.4 is 20.3 Å². The number of hydrogen-bond donors (Lipinski definition) is 3. The average Bonchev–Trinajstić information content (AvgIpc) is 2.73. The Morgan fingerprint density at radius 1 is 1.34 bits per heavy atom. The summed E-state index contributed by atoms with van der Waals surface area (Å²) in [6, 6.07) is 7.64. The van der Waals surface area contributed by atoms with E-state index in [1.54, 1.807) is 4.90 Å². The third-order valence-electron chi connectivity index (χ3n) is 5.88. The van der Waals surface area contributed by atoms with Gasteiger partial charge in [-0.05, 0) is 38.3 Å². The van der Waals surface area contributed by atoms with Gasteiger partial charge in [0.15, 0.2) is 12.6 Å². The minimum absolute atomic E-state index is 0.0107. The van der Waals surface area contributed by atoms with E-state index in [9.17, 15) is 9.90 Å². The summed E-state index contributed by atoms with van der Waals surface area (Å²) in [5.74, 6) is 1.51. The van der Waals surface area contributed by atoms with Crippen molar-refractivity contribution < 1.29 is 14.6 Å². The van der Waals surface area contributed by atoms with Crippen molar-refractivity contribution in [3.05, 3.63) is 24.3 Å². The van der Waals surface area contributed by atoms with Crippen molar-refractivity contribution in [1.82, 2.24) is 10.6 Å². The lowest BCUT2D eigenvalue weighted by atomic mass is 9.73. The number of anilines is 1. The van der Waals surface area contributed by atoms with Gasteiger partial charge in [-0.1, -0.05) is 31.9 Å². The molecule has 160 valence electrons. The van der Waals surface area contributed by atoms with E-state index in [1.807, 2.05) is 31.2 Å². The van der Waals surface area contributed by atoms with E-state index in [1.165, 1.54) is 0 Å². The maximum absolute atomic E-state index is 12.3. The molecule has 1 aromatic carbocycles. The number of rotatable bonds is 7. The molecule has 1 heterocycles. The zero-order chi connectivity index (χ0) is 20.7. The fourth-order valence-corrected chi connectivity index (χ4v) is 4.01. The van der Waals surface area contributed by atoms with Crippen LogP contribution >= 0.6 is 0 Å². The van der Waals surface area contributed by atoms with Gasteiger partial charge in [0.1, 0.15) is 5.75 Å². The number of benzene rings is 1. The number of aliphatic imine (C=N–C) groups is 1. The summed E-state index contributed by atoms with van der Waals surface area (Å²) in [4.78, 5) is 18.8. The van der Waals surface area contributed by atoms with Gasteiger partial charge < -0.3 is 25.4 Å². The van der Waals surface area contributed by atoms with Crippen LogP contribution in [0.4, 0.5) is 5.69 Å². The molecule has 7 heteroatoms. The van der Waals surface area contributed by atoms with Crippen LogP contribution in [0.2, 0.25) is 0 Å². The molecule has 2 atom stereocenters. The number of aliphatic hydroxyl groups excluding tert-OH is 1. The summed E-state index contributed by atoms with van der Waals surface area (Å²) in [6.45, 7) is 6.98. The first-order chi connectivity index (χ1) is 14.0. The zero-order valence-electron chi connectivity index (χ0n) is 17.6. The molecule has 0 spiro atoms. The number of carbonyl (C=O) groups is 1. The van der Waals surface area contributed by atoms with Crippen molar-refractivity contribution in [3.8, 4) is 5.75 Å². The predicted octanol–water partition coefficient (Wildman–Crippen LogP) is 2.30. The molecule has 1 saturated carbocycles. The fraction of sp³-hybridized carbons (Fsp3) is 0.636. The fourth-order valence-electron chi connectivity index (χ4n) is 4.01. The van der Waals surface area contributed by atoms with Crippen LogP contribution in [-0.4, -0.2) is 55.9 Å². The highest BCUT2D eigenvalue weighted by molar-refractivity contribution is 5.97. The van der Waals surface area contributed by atoms with Crippen LogP contribution in [0, 0.1) is 5.41 Å². The molecule has 7 nitrogen and oxygen atoms in total. The first-order valence-electron chi connectivity index (χ1n) is 10.8. The Hall–Kier alpha value is -2.28. The summed E-state index contributed by atoms with van der Waals surface area (Å²) >= 11 is 0. The number of carbonyl (C=O) groups excluding carboxylic acids is 1. The standard InChI is InChI=1S/C22H34N4O3/c1-3-23-21(25-16-22(2)12-7-6-11-19(22)27)24-13-8-14-26-17-9-4-5-10-18(17)29-15-20(26)28/h4-5,9-10,19,27H,3,6-8,11-16H2,1-2H3,(H2,23,24,25). The number of amides is 1. The van der Waals surface area contributed by atoms with E-state index in [-0.39, 0.29) is 24.0 Å².